The van der Waals surface area contributed by atoms with E-state index in [1.165, 1.54) is 0 Å². The number of amides is 1. The highest BCUT2D eigenvalue weighted by molar-refractivity contribution is 5.76. The Morgan fingerprint density at radius 3 is 2.65 bits per heavy atom. The molecule has 0 spiro atoms. The van der Waals surface area contributed by atoms with Gasteiger partial charge in [-0.25, -0.2) is 0 Å². The fourth-order valence-corrected chi connectivity index (χ4v) is 2.78. The van der Waals surface area contributed by atoms with Gasteiger partial charge in [-0.05, 0) is 12.1 Å². The van der Waals surface area contributed by atoms with Crippen LogP contribution in [0.1, 0.15) is 25.7 Å². The van der Waals surface area contributed by atoms with Gasteiger partial charge in [0.15, 0.2) is 11.5 Å². The van der Waals surface area contributed by atoms with Gasteiger partial charge in [0.25, 0.3) is 0 Å². The third-order valence-electron chi connectivity index (χ3n) is 4.31. The molecule has 0 bridgehead atoms. The van der Waals surface area contributed by atoms with Crippen LogP contribution < -0.4 is 4.90 Å². The summed E-state index contributed by atoms with van der Waals surface area (Å²) < 4.78 is 0. The standard InChI is InChI=1S/C16H20N6O/c1-2-3-7-16(19-20-16)8-6-15(23)22-12-10-21(11-13-22)14-5-4-9-17-18-14/h1,4-5,9H,3,6-8,10-13H2. The second kappa shape index (κ2) is 6.73. The molecular formula is C16H20N6O. The Balaban J connectivity index is 1.43. The highest BCUT2D eigenvalue weighted by Crippen LogP contribution is 2.37. The van der Waals surface area contributed by atoms with E-state index in [9.17, 15) is 4.79 Å². The normalized spacial score (nSPS) is 18.6. The molecule has 0 saturated carbocycles. The van der Waals surface area contributed by atoms with E-state index in [1.54, 1.807) is 6.20 Å². The van der Waals surface area contributed by atoms with Crippen molar-refractivity contribution in [3.05, 3.63) is 18.3 Å². The Kier molecular flexibility index (Phi) is 4.51. The van der Waals surface area contributed by atoms with Crippen LogP contribution in [0.4, 0.5) is 5.82 Å². The average molecular weight is 312 g/mol. The molecule has 2 aliphatic rings. The van der Waals surface area contributed by atoms with Gasteiger partial charge < -0.3 is 9.80 Å². The molecule has 23 heavy (non-hydrogen) atoms. The van der Waals surface area contributed by atoms with Crippen LogP contribution in [0.3, 0.4) is 0 Å². The molecule has 0 radical (unpaired) electrons. The Morgan fingerprint density at radius 2 is 2.04 bits per heavy atom. The molecule has 1 aromatic rings. The van der Waals surface area contributed by atoms with Gasteiger partial charge in [0.2, 0.25) is 5.91 Å². The molecule has 0 atom stereocenters. The number of aromatic nitrogens is 2. The zero-order valence-electron chi connectivity index (χ0n) is 13.1. The van der Waals surface area contributed by atoms with Crippen LogP contribution in [0.15, 0.2) is 28.6 Å². The number of carbonyl (C=O) groups is 1. The molecule has 0 aliphatic carbocycles. The van der Waals surface area contributed by atoms with E-state index in [0.717, 1.165) is 25.3 Å². The van der Waals surface area contributed by atoms with Crippen molar-refractivity contribution in [1.29, 1.82) is 0 Å². The first-order valence-corrected chi connectivity index (χ1v) is 7.90. The van der Waals surface area contributed by atoms with Gasteiger partial charge in [-0.15, -0.1) is 17.4 Å². The lowest BCUT2D eigenvalue weighted by molar-refractivity contribution is -0.131. The Labute approximate surface area is 135 Å². The molecule has 7 heteroatoms. The van der Waals surface area contributed by atoms with Gasteiger partial charge in [0, 0.05) is 58.1 Å². The van der Waals surface area contributed by atoms with E-state index in [2.05, 4.69) is 31.2 Å². The minimum atomic E-state index is -0.372. The summed E-state index contributed by atoms with van der Waals surface area (Å²) in [6.07, 6.45) is 9.47. The summed E-state index contributed by atoms with van der Waals surface area (Å²) >= 11 is 0. The lowest BCUT2D eigenvalue weighted by Gasteiger charge is -2.35. The molecule has 120 valence electrons. The highest BCUT2D eigenvalue weighted by atomic mass is 16.2. The number of piperazine rings is 1. The zero-order valence-corrected chi connectivity index (χ0v) is 13.1. The predicted octanol–water partition coefficient (Wildman–Crippen LogP) is 1.48. The maximum absolute atomic E-state index is 12.3. The molecule has 3 heterocycles. The van der Waals surface area contributed by atoms with E-state index in [-0.39, 0.29) is 11.6 Å². The molecule has 3 rings (SSSR count). The molecule has 0 unspecified atom stereocenters. The largest absolute Gasteiger partial charge is 0.352 e. The van der Waals surface area contributed by atoms with Crippen molar-refractivity contribution in [3.63, 3.8) is 0 Å². The first-order chi connectivity index (χ1) is 11.2. The summed E-state index contributed by atoms with van der Waals surface area (Å²) in [5.74, 6) is 3.64. The third-order valence-corrected chi connectivity index (χ3v) is 4.31. The minimum absolute atomic E-state index is 0.168. The molecule has 1 amide bonds. The van der Waals surface area contributed by atoms with E-state index < -0.39 is 0 Å². The van der Waals surface area contributed by atoms with Crippen LogP contribution in [0.5, 0.6) is 0 Å². The molecule has 7 nitrogen and oxygen atoms in total. The van der Waals surface area contributed by atoms with E-state index in [0.29, 0.717) is 32.4 Å². The zero-order chi connectivity index (χ0) is 16.1. The summed E-state index contributed by atoms with van der Waals surface area (Å²) in [5.41, 5.74) is -0.372. The van der Waals surface area contributed by atoms with Crippen LogP contribution in [-0.4, -0.2) is 52.8 Å². The molecule has 1 aromatic heterocycles. The number of carbonyl (C=O) groups excluding carboxylic acids is 1. The number of hydrogen-bond donors (Lipinski definition) is 0. The summed E-state index contributed by atoms with van der Waals surface area (Å²) in [6.45, 7) is 2.98. The van der Waals surface area contributed by atoms with Gasteiger partial charge in [0.05, 0.1) is 0 Å². The molecule has 2 aliphatic heterocycles. The Hall–Kier alpha value is -2.49. The minimum Gasteiger partial charge on any atom is -0.352 e. The highest BCUT2D eigenvalue weighted by Gasteiger charge is 2.39. The van der Waals surface area contributed by atoms with Crippen molar-refractivity contribution in [2.75, 3.05) is 31.1 Å². The van der Waals surface area contributed by atoms with Crippen molar-refractivity contribution < 1.29 is 4.79 Å². The van der Waals surface area contributed by atoms with Gasteiger partial charge in [-0.3, -0.25) is 4.79 Å². The fourth-order valence-electron chi connectivity index (χ4n) is 2.78. The smallest absolute Gasteiger partial charge is 0.222 e. The van der Waals surface area contributed by atoms with Crippen LogP contribution in [0.2, 0.25) is 0 Å². The third kappa shape index (κ3) is 3.83. The van der Waals surface area contributed by atoms with Crippen LogP contribution in [0.25, 0.3) is 0 Å². The van der Waals surface area contributed by atoms with Crippen molar-refractivity contribution >= 4 is 11.7 Å². The van der Waals surface area contributed by atoms with E-state index in [1.807, 2.05) is 17.0 Å². The summed E-state index contributed by atoms with van der Waals surface area (Å²) in [5, 5.41) is 16.2. The van der Waals surface area contributed by atoms with Gasteiger partial charge in [-0.1, -0.05) is 0 Å². The second-order valence-corrected chi connectivity index (χ2v) is 5.84. The van der Waals surface area contributed by atoms with E-state index >= 15 is 0 Å². The second-order valence-electron chi connectivity index (χ2n) is 5.84. The van der Waals surface area contributed by atoms with Gasteiger partial charge >= 0.3 is 0 Å². The van der Waals surface area contributed by atoms with Crippen molar-refractivity contribution in [2.24, 2.45) is 10.2 Å². The molecule has 0 N–H and O–H groups in total. The first kappa shape index (κ1) is 15.4. The molecule has 1 fully saturated rings. The van der Waals surface area contributed by atoms with Crippen LogP contribution in [0, 0.1) is 12.3 Å². The summed E-state index contributed by atoms with van der Waals surface area (Å²) in [7, 11) is 0. The lowest BCUT2D eigenvalue weighted by atomic mass is 10.0. The van der Waals surface area contributed by atoms with Crippen molar-refractivity contribution in [2.45, 2.75) is 31.3 Å². The van der Waals surface area contributed by atoms with Crippen molar-refractivity contribution in [1.82, 2.24) is 15.1 Å². The van der Waals surface area contributed by atoms with Gasteiger partial charge in [0.1, 0.15) is 0 Å². The Morgan fingerprint density at radius 1 is 1.26 bits per heavy atom. The number of hydrogen-bond acceptors (Lipinski definition) is 6. The number of nitrogens with zero attached hydrogens (tertiary/aromatic N) is 6. The quantitative estimate of drug-likeness (QED) is 0.746. The number of anilines is 1. The van der Waals surface area contributed by atoms with Gasteiger partial charge in [-0.2, -0.15) is 15.3 Å². The topological polar surface area (TPSA) is 74.1 Å². The predicted molar refractivity (Wildman–Crippen MR) is 85.7 cm³/mol. The maximum Gasteiger partial charge on any atom is 0.222 e. The molecule has 1 saturated heterocycles. The average Bonchev–Trinajstić information content (AvgIpc) is 3.39. The van der Waals surface area contributed by atoms with Crippen molar-refractivity contribution in [3.8, 4) is 12.3 Å². The SMILES string of the molecule is C#CCCC1(CCC(=O)N2CCN(c3cccnn3)CC2)N=N1. The van der Waals surface area contributed by atoms with Crippen LogP contribution in [-0.2, 0) is 4.79 Å². The number of terminal acetylenes is 1. The summed E-state index contributed by atoms with van der Waals surface area (Å²) in [4.78, 5) is 16.4. The molecular weight excluding hydrogens is 292 g/mol. The first-order valence-electron chi connectivity index (χ1n) is 7.90. The monoisotopic (exact) mass is 312 g/mol. The Bertz CT molecular complexity index is 609. The lowest BCUT2D eigenvalue weighted by Crippen LogP contribution is -2.49. The molecule has 0 aromatic carbocycles. The van der Waals surface area contributed by atoms with Crippen LogP contribution >= 0.6 is 0 Å². The van der Waals surface area contributed by atoms with E-state index in [4.69, 9.17) is 6.42 Å². The summed E-state index contributed by atoms with van der Waals surface area (Å²) in [6, 6.07) is 3.81. The fraction of sp³-hybridized carbons (Fsp3) is 0.562. The maximum atomic E-state index is 12.3. The number of rotatable bonds is 6.